The first-order valence-corrected chi connectivity index (χ1v) is 6.99. The summed E-state index contributed by atoms with van der Waals surface area (Å²) in [5.74, 6) is 1.29. The summed E-state index contributed by atoms with van der Waals surface area (Å²) < 4.78 is 22.0. The Morgan fingerprint density at radius 1 is 0.778 bits per heavy atom. The van der Waals surface area contributed by atoms with Crippen molar-refractivity contribution in [2.24, 2.45) is 0 Å². The molecule has 0 radical (unpaired) electrons. The number of rotatable bonds is 12. The van der Waals surface area contributed by atoms with Gasteiger partial charge in [0.1, 0.15) is 0 Å². The molecule has 0 heterocycles. The van der Waals surface area contributed by atoms with Gasteiger partial charge in [-0.2, -0.15) is 0 Å². The van der Waals surface area contributed by atoms with Gasteiger partial charge in [0.15, 0.2) is 12.6 Å². The van der Waals surface area contributed by atoms with Crippen molar-refractivity contribution >= 4 is 0 Å². The molecule has 0 atom stereocenters. The fourth-order valence-electron chi connectivity index (χ4n) is 1.26. The number of allylic oxidation sites excluding steroid dienone is 1. The zero-order valence-corrected chi connectivity index (χ0v) is 12.3. The predicted molar refractivity (Wildman–Crippen MR) is 72.0 cm³/mol. The van der Waals surface area contributed by atoms with E-state index in [1.807, 2.05) is 6.92 Å². The molecule has 0 saturated carbocycles. The Kier molecular flexibility index (Phi) is 11.9. The van der Waals surface area contributed by atoms with E-state index in [4.69, 9.17) is 18.9 Å². The summed E-state index contributed by atoms with van der Waals surface area (Å²) >= 11 is 0. The van der Waals surface area contributed by atoms with E-state index < -0.39 is 0 Å². The van der Waals surface area contributed by atoms with Crippen molar-refractivity contribution in [3.63, 3.8) is 0 Å². The van der Waals surface area contributed by atoms with Crippen molar-refractivity contribution in [2.45, 2.75) is 53.4 Å². The SMILES string of the molecule is CCCOC(CCC)=C(OCCC)OCOCC. The molecule has 0 N–H and O–H groups in total. The third-order valence-corrected chi connectivity index (χ3v) is 2.10. The highest BCUT2D eigenvalue weighted by atomic mass is 16.7. The van der Waals surface area contributed by atoms with Crippen LogP contribution in [0.3, 0.4) is 0 Å². The molecule has 18 heavy (non-hydrogen) atoms. The average Bonchev–Trinajstić information content (AvgIpc) is 2.39. The molecule has 0 aromatic rings. The quantitative estimate of drug-likeness (QED) is 0.304. The summed E-state index contributed by atoms with van der Waals surface area (Å²) in [7, 11) is 0. The summed E-state index contributed by atoms with van der Waals surface area (Å²) in [5.41, 5.74) is 0. The molecule has 0 saturated heterocycles. The monoisotopic (exact) mass is 260 g/mol. The molecular weight excluding hydrogens is 232 g/mol. The number of hydrogen-bond donors (Lipinski definition) is 0. The van der Waals surface area contributed by atoms with E-state index in [2.05, 4.69) is 20.8 Å². The zero-order chi connectivity index (χ0) is 13.6. The maximum absolute atomic E-state index is 5.70. The fourth-order valence-corrected chi connectivity index (χ4v) is 1.26. The second-order valence-electron chi connectivity index (χ2n) is 3.91. The van der Waals surface area contributed by atoms with Crippen LogP contribution in [0.4, 0.5) is 0 Å². The molecule has 4 heteroatoms. The van der Waals surface area contributed by atoms with Gasteiger partial charge in [0, 0.05) is 13.0 Å². The Bertz CT molecular complexity index is 214. The lowest BCUT2D eigenvalue weighted by molar-refractivity contribution is -0.0805. The third kappa shape index (κ3) is 8.23. The van der Waals surface area contributed by atoms with Crippen molar-refractivity contribution in [3.8, 4) is 0 Å². The summed E-state index contributed by atoms with van der Waals surface area (Å²) in [6.45, 7) is 10.3. The second-order valence-corrected chi connectivity index (χ2v) is 3.91. The van der Waals surface area contributed by atoms with Gasteiger partial charge < -0.3 is 18.9 Å². The third-order valence-electron chi connectivity index (χ3n) is 2.10. The van der Waals surface area contributed by atoms with Gasteiger partial charge in [0.05, 0.1) is 13.2 Å². The molecule has 0 aliphatic rings. The first kappa shape index (κ1) is 17.1. The molecule has 0 aliphatic heterocycles. The van der Waals surface area contributed by atoms with E-state index >= 15 is 0 Å². The molecular formula is C14H28O4. The highest BCUT2D eigenvalue weighted by Gasteiger charge is 2.11. The van der Waals surface area contributed by atoms with Gasteiger partial charge in [-0.05, 0) is 26.2 Å². The lowest BCUT2D eigenvalue weighted by atomic mass is 10.3. The average molecular weight is 260 g/mol. The standard InChI is InChI=1S/C14H28O4/c1-5-9-13(16-10-6-2)14(17-11-7-3)18-12-15-8-4/h5-12H2,1-4H3. The summed E-state index contributed by atoms with van der Waals surface area (Å²) in [6.07, 6.45) is 3.73. The molecule has 4 nitrogen and oxygen atoms in total. The van der Waals surface area contributed by atoms with Gasteiger partial charge >= 0.3 is 5.95 Å². The molecule has 108 valence electrons. The van der Waals surface area contributed by atoms with Gasteiger partial charge in [-0.25, -0.2) is 0 Å². The van der Waals surface area contributed by atoms with Crippen LogP contribution in [0, 0.1) is 0 Å². The van der Waals surface area contributed by atoms with E-state index in [0.29, 0.717) is 25.8 Å². The molecule has 0 fully saturated rings. The van der Waals surface area contributed by atoms with Crippen molar-refractivity contribution in [1.29, 1.82) is 0 Å². The lowest BCUT2D eigenvalue weighted by Gasteiger charge is -2.16. The maximum atomic E-state index is 5.70. The van der Waals surface area contributed by atoms with Gasteiger partial charge in [-0.15, -0.1) is 0 Å². The fraction of sp³-hybridized carbons (Fsp3) is 0.857. The van der Waals surface area contributed by atoms with E-state index in [1.54, 1.807) is 0 Å². The van der Waals surface area contributed by atoms with Gasteiger partial charge in [-0.1, -0.05) is 20.8 Å². The van der Waals surface area contributed by atoms with Crippen molar-refractivity contribution in [1.82, 2.24) is 0 Å². The van der Waals surface area contributed by atoms with Gasteiger partial charge in [0.2, 0.25) is 0 Å². The van der Waals surface area contributed by atoms with Crippen LogP contribution in [0.1, 0.15) is 53.4 Å². The Morgan fingerprint density at radius 2 is 1.44 bits per heavy atom. The topological polar surface area (TPSA) is 36.9 Å². The Morgan fingerprint density at radius 3 is 2.00 bits per heavy atom. The molecule has 0 amide bonds. The van der Waals surface area contributed by atoms with E-state index in [-0.39, 0.29) is 6.79 Å². The minimum atomic E-state index is 0.207. The Balaban J connectivity index is 4.53. The Labute approximate surface area is 111 Å². The molecule has 0 aromatic heterocycles. The second kappa shape index (κ2) is 12.6. The molecule has 0 unspecified atom stereocenters. The molecule has 0 bridgehead atoms. The van der Waals surface area contributed by atoms with Crippen LogP contribution in [0.15, 0.2) is 11.7 Å². The zero-order valence-electron chi connectivity index (χ0n) is 12.3. The Hall–Kier alpha value is -0.900. The van der Waals surface area contributed by atoms with E-state index in [0.717, 1.165) is 31.4 Å². The molecule has 0 aliphatic carbocycles. The minimum absolute atomic E-state index is 0.207. The normalized spacial score (nSPS) is 12.0. The van der Waals surface area contributed by atoms with Crippen LogP contribution in [-0.4, -0.2) is 26.6 Å². The summed E-state index contributed by atoms with van der Waals surface area (Å²) in [6, 6.07) is 0. The van der Waals surface area contributed by atoms with Crippen LogP contribution in [-0.2, 0) is 18.9 Å². The predicted octanol–water partition coefficient (Wildman–Crippen LogP) is 3.82. The first-order valence-electron chi connectivity index (χ1n) is 6.99. The van der Waals surface area contributed by atoms with Gasteiger partial charge in [-0.3, -0.25) is 0 Å². The summed E-state index contributed by atoms with van der Waals surface area (Å²) in [4.78, 5) is 0. The smallest absolute Gasteiger partial charge is 0.321 e. The van der Waals surface area contributed by atoms with Crippen molar-refractivity contribution in [3.05, 3.63) is 11.7 Å². The van der Waals surface area contributed by atoms with Crippen LogP contribution in [0.5, 0.6) is 0 Å². The maximum Gasteiger partial charge on any atom is 0.321 e. The minimum Gasteiger partial charge on any atom is -0.491 e. The van der Waals surface area contributed by atoms with Crippen LogP contribution in [0.2, 0.25) is 0 Å². The molecule has 0 aromatic carbocycles. The van der Waals surface area contributed by atoms with Crippen LogP contribution >= 0.6 is 0 Å². The molecule has 0 rings (SSSR count). The summed E-state index contributed by atoms with van der Waals surface area (Å²) in [5, 5.41) is 0. The van der Waals surface area contributed by atoms with E-state index in [9.17, 15) is 0 Å². The molecule has 0 spiro atoms. The number of hydrogen-bond acceptors (Lipinski definition) is 4. The number of ether oxygens (including phenoxy) is 4. The van der Waals surface area contributed by atoms with E-state index in [1.165, 1.54) is 0 Å². The van der Waals surface area contributed by atoms with Crippen LogP contribution in [0.25, 0.3) is 0 Å². The lowest BCUT2D eigenvalue weighted by Crippen LogP contribution is -2.09. The highest BCUT2D eigenvalue weighted by molar-refractivity contribution is 4.95. The van der Waals surface area contributed by atoms with Crippen LogP contribution < -0.4 is 0 Å². The van der Waals surface area contributed by atoms with Crippen molar-refractivity contribution < 1.29 is 18.9 Å². The van der Waals surface area contributed by atoms with Crippen molar-refractivity contribution in [2.75, 3.05) is 26.6 Å². The highest BCUT2D eigenvalue weighted by Crippen LogP contribution is 2.16. The first-order chi connectivity index (χ1) is 8.79. The van der Waals surface area contributed by atoms with Gasteiger partial charge in [0.25, 0.3) is 0 Å². The largest absolute Gasteiger partial charge is 0.491 e.